The summed E-state index contributed by atoms with van der Waals surface area (Å²) in [5.41, 5.74) is 1.62. The molecule has 3 heterocycles. The van der Waals surface area contributed by atoms with Crippen LogP contribution in [0.5, 0.6) is 0 Å². The molecule has 3 amide bonds. The Bertz CT molecular complexity index is 1360. The number of rotatable bonds is 11. The fourth-order valence-electron chi connectivity index (χ4n) is 6.81. The molecule has 3 aliphatic heterocycles. The fourth-order valence-corrected chi connectivity index (χ4v) is 10.5. The van der Waals surface area contributed by atoms with Crippen molar-refractivity contribution in [1.29, 1.82) is 0 Å². The van der Waals surface area contributed by atoms with E-state index < -0.39 is 28.7 Å². The molecule has 0 aromatic heterocycles. The molecule has 3 aliphatic rings. The fraction of sp³-hybridized carbons (Fsp3) is 0.406. The standard InChI is InChI=1S/C32H35BrClN3O4S/c1-4-15-35(18-21-9-7-6-8-10-21)29(39)25-26-30(40)37(20(3)19-38)28(32(26)17-24(33)27(25)42-32)31(41)36(16-5-2)23-13-11-22(34)12-14-23/h4-14,20,24-28,38H,1-2,15-19H2,3H3/t20-,24?,25+,26+,27+,28?,32?/m1/s1. The zero-order chi connectivity index (χ0) is 30.2. The average molecular weight is 673 g/mol. The van der Waals surface area contributed by atoms with Crippen molar-refractivity contribution < 1.29 is 19.5 Å². The minimum Gasteiger partial charge on any atom is -0.394 e. The van der Waals surface area contributed by atoms with E-state index in [1.807, 2.05) is 30.3 Å². The van der Waals surface area contributed by atoms with Crippen LogP contribution in [0, 0.1) is 11.8 Å². The van der Waals surface area contributed by atoms with Crippen LogP contribution in [0.15, 0.2) is 79.9 Å². The van der Waals surface area contributed by atoms with Crippen molar-refractivity contribution in [2.75, 3.05) is 24.6 Å². The smallest absolute Gasteiger partial charge is 0.251 e. The van der Waals surface area contributed by atoms with E-state index in [9.17, 15) is 19.5 Å². The molecule has 0 saturated carbocycles. The van der Waals surface area contributed by atoms with Crippen LogP contribution in [-0.4, -0.2) is 79.2 Å². The molecule has 1 N–H and O–H groups in total. The summed E-state index contributed by atoms with van der Waals surface area (Å²) in [6.45, 7) is 10.1. The highest BCUT2D eigenvalue weighted by molar-refractivity contribution is 9.09. The Hall–Kier alpha value is -2.59. The summed E-state index contributed by atoms with van der Waals surface area (Å²) >= 11 is 11.5. The van der Waals surface area contributed by atoms with Crippen LogP contribution >= 0.6 is 39.3 Å². The first kappa shape index (κ1) is 30.9. The first-order chi connectivity index (χ1) is 20.2. The Morgan fingerprint density at radius 2 is 1.81 bits per heavy atom. The topological polar surface area (TPSA) is 81.2 Å². The van der Waals surface area contributed by atoms with Gasteiger partial charge in [-0.15, -0.1) is 24.9 Å². The number of likely N-dealkylation sites (tertiary alicyclic amines) is 1. The van der Waals surface area contributed by atoms with Gasteiger partial charge in [0, 0.05) is 40.4 Å². The summed E-state index contributed by atoms with van der Waals surface area (Å²) in [7, 11) is 0. The summed E-state index contributed by atoms with van der Waals surface area (Å²) in [5.74, 6) is -1.96. The number of anilines is 1. The zero-order valence-electron chi connectivity index (χ0n) is 23.4. The minimum absolute atomic E-state index is 0.0640. The van der Waals surface area contributed by atoms with Crippen molar-refractivity contribution in [2.45, 2.75) is 46.8 Å². The number of carbonyl (C=O) groups is 3. The predicted molar refractivity (Wildman–Crippen MR) is 172 cm³/mol. The molecule has 3 unspecified atom stereocenters. The Balaban J connectivity index is 1.56. The lowest BCUT2D eigenvalue weighted by Crippen LogP contribution is -2.57. The summed E-state index contributed by atoms with van der Waals surface area (Å²) in [4.78, 5) is 48.2. The minimum atomic E-state index is -0.873. The normalized spacial score (nSPS) is 28.3. The highest BCUT2D eigenvalue weighted by atomic mass is 79.9. The van der Waals surface area contributed by atoms with Gasteiger partial charge in [0.05, 0.1) is 29.2 Å². The third-order valence-corrected chi connectivity index (χ3v) is 12.1. The van der Waals surface area contributed by atoms with Crippen LogP contribution < -0.4 is 4.90 Å². The molecule has 0 radical (unpaired) electrons. The molecule has 7 atom stereocenters. The maximum absolute atomic E-state index is 14.6. The van der Waals surface area contributed by atoms with Gasteiger partial charge in [0.25, 0.3) is 5.91 Å². The first-order valence-corrected chi connectivity index (χ1v) is 16.2. The van der Waals surface area contributed by atoms with E-state index >= 15 is 0 Å². The second kappa shape index (κ2) is 12.6. The number of hydrogen-bond donors (Lipinski definition) is 1. The van der Waals surface area contributed by atoms with Gasteiger partial charge in [0.15, 0.2) is 0 Å². The lowest BCUT2D eigenvalue weighted by Gasteiger charge is -2.39. The number of carbonyl (C=O) groups excluding carboxylic acids is 3. The van der Waals surface area contributed by atoms with Crippen LogP contribution in [-0.2, 0) is 20.9 Å². The lowest BCUT2D eigenvalue weighted by atomic mass is 9.70. The van der Waals surface area contributed by atoms with E-state index in [-0.39, 0.29) is 41.0 Å². The average Bonchev–Trinajstić information content (AvgIpc) is 3.59. The van der Waals surface area contributed by atoms with Gasteiger partial charge in [-0.05, 0) is 43.2 Å². The van der Waals surface area contributed by atoms with Crippen LogP contribution in [0.1, 0.15) is 18.9 Å². The number of halogens is 2. The number of thioether (sulfide) groups is 1. The van der Waals surface area contributed by atoms with Crippen LogP contribution in [0.25, 0.3) is 0 Å². The largest absolute Gasteiger partial charge is 0.394 e. The van der Waals surface area contributed by atoms with E-state index in [2.05, 4.69) is 29.1 Å². The Morgan fingerprint density at radius 3 is 2.43 bits per heavy atom. The molecule has 7 nitrogen and oxygen atoms in total. The van der Waals surface area contributed by atoms with E-state index in [0.717, 1.165) is 5.56 Å². The van der Waals surface area contributed by atoms with Crippen molar-refractivity contribution >= 4 is 62.7 Å². The van der Waals surface area contributed by atoms with Gasteiger partial charge in [0.1, 0.15) is 6.04 Å². The predicted octanol–water partition coefficient (Wildman–Crippen LogP) is 4.92. The SMILES string of the molecule is C=CCN(Cc1ccccc1)C(=O)[C@H]1[C@H]2C(=O)N([C@H](C)CO)C(C(=O)N(CC=C)c3ccc(Cl)cc3)C23CC(Br)[C@@H]1S3. The molecule has 5 rings (SSSR count). The van der Waals surface area contributed by atoms with Crippen molar-refractivity contribution in [1.82, 2.24) is 9.80 Å². The van der Waals surface area contributed by atoms with Crippen molar-refractivity contribution in [3.63, 3.8) is 0 Å². The Labute approximate surface area is 264 Å². The van der Waals surface area contributed by atoms with Gasteiger partial charge in [0.2, 0.25) is 11.8 Å². The summed E-state index contributed by atoms with van der Waals surface area (Å²) < 4.78 is -0.838. The second-order valence-corrected chi connectivity index (χ2v) is 14.3. The van der Waals surface area contributed by atoms with Gasteiger partial charge >= 0.3 is 0 Å². The van der Waals surface area contributed by atoms with E-state index in [1.54, 1.807) is 69.8 Å². The third kappa shape index (κ3) is 5.23. The van der Waals surface area contributed by atoms with Crippen molar-refractivity contribution in [3.05, 3.63) is 90.5 Å². The second-order valence-electron chi connectivity index (χ2n) is 11.1. The molecule has 10 heteroatoms. The lowest BCUT2D eigenvalue weighted by molar-refractivity contribution is -0.145. The summed E-state index contributed by atoms with van der Waals surface area (Å²) in [6, 6.07) is 15.2. The number of aliphatic hydroxyl groups is 1. The van der Waals surface area contributed by atoms with Gasteiger partial charge < -0.3 is 19.8 Å². The molecule has 3 saturated heterocycles. The van der Waals surface area contributed by atoms with Crippen LogP contribution in [0.2, 0.25) is 5.02 Å². The van der Waals surface area contributed by atoms with E-state index in [0.29, 0.717) is 30.2 Å². The third-order valence-electron chi connectivity index (χ3n) is 8.58. The molecule has 222 valence electrons. The maximum atomic E-state index is 14.6. The number of amides is 3. The van der Waals surface area contributed by atoms with Gasteiger partial charge in [-0.25, -0.2) is 0 Å². The number of benzene rings is 2. The molecular weight excluding hydrogens is 638 g/mol. The van der Waals surface area contributed by atoms with E-state index in [4.69, 9.17) is 11.6 Å². The molecule has 2 aromatic carbocycles. The highest BCUT2D eigenvalue weighted by Crippen LogP contribution is 2.68. The molecule has 1 spiro atoms. The van der Waals surface area contributed by atoms with Crippen LogP contribution in [0.4, 0.5) is 5.69 Å². The molecular formula is C32H35BrClN3O4S. The zero-order valence-corrected chi connectivity index (χ0v) is 26.6. The van der Waals surface area contributed by atoms with Crippen LogP contribution in [0.3, 0.4) is 0 Å². The van der Waals surface area contributed by atoms with Gasteiger partial charge in [-0.2, -0.15) is 0 Å². The van der Waals surface area contributed by atoms with E-state index in [1.165, 1.54) is 0 Å². The Kier molecular flexibility index (Phi) is 9.23. The molecule has 2 aromatic rings. The number of hydrogen-bond acceptors (Lipinski definition) is 5. The summed E-state index contributed by atoms with van der Waals surface area (Å²) in [5, 5.41) is 10.6. The molecule has 2 bridgehead atoms. The molecule has 3 fully saturated rings. The van der Waals surface area contributed by atoms with Gasteiger partial charge in [-0.1, -0.05) is 70.0 Å². The maximum Gasteiger partial charge on any atom is 0.251 e. The van der Waals surface area contributed by atoms with Crippen molar-refractivity contribution in [2.24, 2.45) is 11.8 Å². The number of aliphatic hydroxyl groups excluding tert-OH is 1. The monoisotopic (exact) mass is 671 g/mol. The van der Waals surface area contributed by atoms with Crippen molar-refractivity contribution in [3.8, 4) is 0 Å². The number of nitrogens with zero attached hydrogens (tertiary/aromatic N) is 3. The number of fused-ring (bicyclic) bond motifs is 1. The molecule has 0 aliphatic carbocycles. The quantitative estimate of drug-likeness (QED) is 0.271. The number of alkyl halides is 1. The summed E-state index contributed by atoms with van der Waals surface area (Å²) in [6.07, 6.45) is 3.90. The van der Waals surface area contributed by atoms with Gasteiger partial charge in [-0.3, -0.25) is 14.4 Å². The first-order valence-electron chi connectivity index (χ1n) is 14.0. The Morgan fingerprint density at radius 1 is 1.14 bits per heavy atom. The molecule has 42 heavy (non-hydrogen) atoms. The highest BCUT2D eigenvalue weighted by Gasteiger charge is 2.76.